The van der Waals surface area contributed by atoms with Gasteiger partial charge in [0.25, 0.3) is 0 Å². The summed E-state index contributed by atoms with van der Waals surface area (Å²) in [6.07, 6.45) is 3.04. The summed E-state index contributed by atoms with van der Waals surface area (Å²) in [5.74, 6) is 0.690. The summed E-state index contributed by atoms with van der Waals surface area (Å²) in [5, 5.41) is 14.1. The van der Waals surface area contributed by atoms with Gasteiger partial charge in [-0.15, -0.1) is 22.0 Å². The summed E-state index contributed by atoms with van der Waals surface area (Å²) in [4.78, 5) is 1.27. The fraction of sp³-hybridized carbons (Fsp3) is 0.467. The third kappa shape index (κ3) is 4.58. The summed E-state index contributed by atoms with van der Waals surface area (Å²) in [6, 6.07) is 8.50. The van der Waals surface area contributed by atoms with Crippen LogP contribution in [0.1, 0.15) is 18.9 Å². The first kappa shape index (κ1) is 15.5. The summed E-state index contributed by atoms with van der Waals surface area (Å²) in [7, 11) is 0. The van der Waals surface area contributed by atoms with E-state index < -0.39 is 0 Å². The van der Waals surface area contributed by atoms with Crippen LogP contribution in [0.4, 0.5) is 0 Å². The van der Waals surface area contributed by atoms with Gasteiger partial charge in [0.15, 0.2) is 0 Å². The fourth-order valence-electron chi connectivity index (χ4n) is 1.79. The Kier molecular flexibility index (Phi) is 6.01. The van der Waals surface area contributed by atoms with Gasteiger partial charge in [-0.2, -0.15) is 0 Å². The molecule has 0 atom stereocenters. The summed E-state index contributed by atoms with van der Waals surface area (Å²) >= 11 is 3.44. The molecule has 1 aromatic heterocycles. The molecule has 2 aromatic rings. The van der Waals surface area contributed by atoms with Gasteiger partial charge < -0.3 is 5.32 Å². The van der Waals surface area contributed by atoms with Gasteiger partial charge in [-0.05, 0) is 30.9 Å². The molecule has 0 spiro atoms. The van der Waals surface area contributed by atoms with E-state index in [9.17, 15) is 0 Å². The maximum absolute atomic E-state index is 4.29. The highest BCUT2D eigenvalue weighted by atomic mass is 32.2. The minimum absolute atomic E-state index is 0.690. The Bertz CT molecular complexity index is 520. The fourth-order valence-corrected chi connectivity index (χ4v) is 3.04. The van der Waals surface area contributed by atoms with Crippen LogP contribution >= 0.6 is 23.1 Å². The first-order valence-corrected chi connectivity index (χ1v) is 8.90. The van der Waals surface area contributed by atoms with E-state index in [2.05, 4.69) is 59.9 Å². The van der Waals surface area contributed by atoms with Crippen molar-refractivity contribution in [2.75, 3.05) is 19.3 Å². The predicted octanol–water partition coefficient (Wildman–Crippen LogP) is 3.72. The number of hydrogen-bond acceptors (Lipinski definition) is 5. The van der Waals surface area contributed by atoms with Crippen molar-refractivity contribution in [2.24, 2.45) is 5.92 Å². The van der Waals surface area contributed by atoms with E-state index >= 15 is 0 Å². The first-order chi connectivity index (χ1) is 9.69. The Morgan fingerprint density at radius 2 is 1.95 bits per heavy atom. The second kappa shape index (κ2) is 7.76. The van der Waals surface area contributed by atoms with Crippen molar-refractivity contribution in [1.82, 2.24) is 15.5 Å². The molecule has 0 unspecified atom stereocenters. The van der Waals surface area contributed by atoms with Crippen LogP contribution in [0.25, 0.3) is 10.6 Å². The molecule has 0 aliphatic carbocycles. The molecular formula is C15H21N3S2. The van der Waals surface area contributed by atoms with Gasteiger partial charge in [0.1, 0.15) is 10.0 Å². The molecule has 5 heteroatoms. The first-order valence-electron chi connectivity index (χ1n) is 6.86. The van der Waals surface area contributed by atoms with Gasteiger partial charge in [0.2, 0.25) is 0 Å². The quantitative estimate of drug-likeness (QED) is 0.625. The second-order valence-electron chi connectivity index (χ2n) is 5.08. The maximum Gasteiger partial charge on any atom is 0.147 e. The minimum atomic E-state index is 0.690. The Morgan fingerprint density at radius 1 is 1.20 bits per heavy atom. The predicted molar refractivity (Wildman–Crippen MR) is 88.5 cm³/mol. The maximum atomic E-state index is 4.29. The molecule has 1 heterocycles. The van der Waals surface area contributed by atoms with E-state index in [1.54, 1.807) is 23.1 Å². The van der Waals surface area contributed by atoms with Crippen LogP contribution in [-0.2, 0) is 6.42 Å². The molecule has 0 aliphatic heterocycles. The van der Waals surface area contributed by atoms with Crippen molar-refractivity contribution >= 4 is 23.1 Å². The molecule has 0 fully saturated rings. The summed E-state index contributed by atoms with van der Waals surface area (Å²) in [5.41, 5.74) is 1.15. The number of thioether (sulfide) groups is 1. The molecule has 0 saturated heterocycles. The SMILES string of the molecule is CSc1ccc(-c2nnc(CCNCC(C)C)s2)cc1. The van der Waals surface area contributed by atoms with Crippen molar-refractivity contribution in [2.45, 2.75) is 25.2 Å². The van der Waals surface area contributed by atoms with E-state index in [0.717, 1.165) is 35.1 Å². The van der Waals surface area contributed by atoms with Crippen molar-refractivity contribution in [3.05, 3.63) is 29.3 Å². The molecule has 1 aromatic carbocycles. The lowest BCUT2D eigenvalue weighted by atomic mass is 10.2. The normalized spacial score (nSPS) is 11.2. The van der Waals surface area contributed by atoms with Crippen molar-refractivity contribution < 1.29 is 0 Å². The largest absolute Gasteiger partial charge is 0.316 e. The average molecular weight is 307 g/mol. The van der Waals surface area contributed by atoms with Gasteiger partial charge in [-0.3, -0.25) is 0 Å². The van der Waals surface area contributed by atoms with Crippen molar-refractivity contribution in [1.29, 1.82) is 0 Å². The van der Waals surface area contributed by atoms with Gasteiger partial charge in [-0.1, -0.05) is 37.3 Å². The van der Waals surface area contributed by atoms with Crippen LogP contribution < -0.4 is 5.32 Å². The van der Waals surface area contributed by atoms with Crippen LogP contribution in [0.5, 0.6) is 0 Å². The van der Waals surface area contributed by atoms with Gasteiger partial charge >= 0.3 is 0 Å². The smallest absolute Gasteiger partial charge is 0.147 e. The molecule has 3 nitrogen and oxygen atoms in total. The molecule has 1 N–H and O–H groups in total. The lowest BCUT2D eigenvalue weighted by Gasteiger charge is -2.05. The monoisotopic (exact) mass is 307 g/mol. The topological polar surface area (TPSA) is 37.8 Å². The number of nitrogens with one attached hydrogen (secondary N) is 1. The Labute approximate surface area is 129 Å². The zero-order chi connectivity index (χ0) is 14.4. The number of nitrogens with zero attached hydrogens (tertiary/aromatic N) is 2. The van der Waals surface area contributed by atoms with Crippen LogP contribution in [0.3, 0.4) is 0 Å². The number of rotatable bonds is 7. The third-order valence-electron chi connectivity index (χ3n) is 2.87. The average Bonchev–Trinajstić information content (AvgIpc) is 2.92. The molecule has 0 saturated carbocycles. The minimum Gasteiger partial charge on any atom is -0.316 e. The zero-order valence-corrected chi connectivity index (χ0v) is 13.9. The number of aromatic nitrogens is 2. The van der Waals surface area contributed by atoms with E-state index in [1.807, 2.05) is 0 Å². The summed E-state index contributed by atoms with van der Waals surface area (Å²) < 4.78 is 0. The molecule has 0 bridgehead atoms. The molecule has 0 radical (unpaired) electrons. The van der Waals surface area contributed by atoms with E-state index in [1.165, 1.54) is 4.90 Å². The number of hydrogen-bond donors (Lipinski definition) is 1. The Balaban J connectivity index is 1.90. The van der Waals surface area contributed by atoms with E-state index in [4.69, 9.17) is 0 Å². The molecule has 0 aliphatic rings. The van der Waals surface area contributed by atoms with E-state index in [0.29, 0.717) is 5.92 Å². The lowest BCUT2D eigenvalue weighted by Crippen LogP contribution is -2.22. The van der Waals surface area contributed by atoms with Crippen LogP contribution in [0.15, 0.2) is 29.2 Å². The zero-order valence-electron chi connectivity index (χ0n) is 12.2. The highest BCUT2D eigenvalue weighted by Crippen LogP contribution is 2.25. The molecule has 0 amide bonds. The van der Waals surface area contributed by atoms with Crippen molar-refractivity contribution in [3.63, 3.8) is 0 Å². The van der Waals surface area contributed by atoms with Gasteiger partial charge in [0, 0.05) is 23.4 Å². The summed E-state index contributed by atoms with van der Waals surface area (Å²) in [6.45, 7) is 6.46. The third-order valence-corrected chi connectivity index (χ3v) is 4.65. The van der Waals surface area contributed by atoms with Crippen LogP contribution in [0, 0.1) is 5.92 Å². The molecule has 2 rings (SSSR count). The standard InChI is InChI=1S/C15H21N3S2/c1-11(2)10-16-9-8-14-17-18-15(20-14)12-4-6-13(19-3)7-5-12/h4-7,11,16H,8-10H2,1-3H3. The highest BCUT2D eigenvalue weighted by molar-refractivity contribution is 7.98. The molecule has 108 valence electrons. The van der Waals surface area contributed by atoms with Crippen LogP contribution in [-0.4, -0.2) is 29.5 Å². The van der Waals surface area contributed by atoms with Gasteiger partial charge in [0.05, 0.1) is 0 Å². The van der Waals surface area contributed by atoms with E-state index in [-0.39, 0.29) is 0 Å². The molecule has 20 heavy (non-hydrogen) atoms. The Hall–Kier alpha value is -0.910. The van der Waals surface area contributed by atoms with Crippen LogP contribution in [0.2, 0.25) is 0 Å². The second-order valence-corrected chi connectivity index (χ2v) is 7.02. The number of benzene rings is 1. The highest BCUT2D eigenvalue weighted by Gasteiger charge is 2.06. The van der Waals surface area contributed by atoms with Gasteiger partial charge in [-0.25, -0.2) is 0 Å². The lowest BCUT2D eigenvalue weighted by molar-refractivity contribution is 0.553. The molecular weight excluding hydrogens is 286 g/mol. The van der Waals surface area contributed by atoms with Crippen molar-refractivity contribution in [3.8, 4) is 10.6 Å². The Morgan fingerprint density at radius 3 is 2.60 bits per heavy atom.